The number of aromatic nitrogens is 3. The van der Waals surface area contributed by atoms with Crippen LogP contribution in [-0.2, 0) is 15.9 Å². The van der Waals surface area contributed by atoms with E-state index in [1.165, 1.54) is 5.56 Å². The van der Waals surface area contributed by atoms with Crippen LogP contribution in [0.1, 0.15) is 5.56 Å². The van der Waals surface area contributed by atoms with Crippen molar-refractivity contribution in [1.82, 2.24) is 15.0 Å². The van der Waals surface area contributed by atoms with Crippen molar-refractivity contribution in [3.8, 4) is 0 Å². The van der Waals surface area contributed by atoms with E-state index in [1.54, 1.807) is 0 Å². The molecule has 9 nitrogen and oxygen atoms in total. The van der Waals surface area contributed by atoms with Gasteiger partial charge in [0.2, 0.25) is 11.9 Å². The highest BCUT2D eigenvalue weighted by Gasteiger charge is 2.20. The maximum absolute atomic E-state index is 5.44. The highest BCUT2D eigenvalue weighted by molar-refractivity contribution is 9.11. The van der Waals surface area contributed by atoms with Crippen LogP contribution in [0.4, 0.5) is 17.8 Å². The molecule has 158 valence electrons. The largest absolute Gasteiger partial charge is 0.378 e. The lowest BCUT2D eigenvalue weighted by atomic mass is 10.1. The predicted molar refractivity (Wildman–Crippen MR) is 118 cm³/mol. The first-order chi connectivity index (χ1) is 14.8. The molecule has 0 bridgehead atoms. The van der Waals surface area contributed by atoms with E-state index in [2.05, 4.69) is 63.0 Å². The van der Waals surface area contributed by atoms with Crippen molar-refractivity contribution in [2.24, 2.45) is 10.2 Å². The second kappa shape index (κ2) is 10.6. The summed E-state index contributed by atoms with van der Waals surface area (Å²) < 4.78 is 11.5. The van der Waals surface area contributed by atoms with Crippen LogP contribution >= 0.6 is 15.9 Å². The zero-order valence-electron chi connectivity index (χ0n) is 16.7. The lowest BCUT2D eigenvalue weighted by Crippen LogP contribution is -2.39. The molecular formula is C20H24BrN7O2. The van der Waals surface area contributed by atoms with E-state index in [0.717, 1.165) is 32.6 Å². The Morgan fingerprint density at radius 2 is 1.47 bits per heavy atom. The van der Waals surface area contributed by atoms with Crippen molar-refractivity contribution >= 4 is 33.8 Å². The highest BCUT2D eigenvalue weighted by atomic mass is 79.9. The van der Waals surface area contributed by atoms with Gasteiger partial charge in [-0.2, -0.15) is 15.0 Å². The van der Waals surface area contributed by atoms with Gasteiger partial charge in [-0.3, -0.25) is 0 Å². The predicted octanol–water partition coefficient (Wildman–Crippen LogP) is 3.11. The van der Waals surface area contributed by atoms with Crippen LogP contribution in [-0.4, -0.2) is 67.6 Å². The number of halogens is 1. The highest BCUT2D eigenvalue weighted by Crippen LogP contribution is 2.21. The molecule has 30 heavy (non-hydrogen) atoms. The number of rotatable bonds is 6. The number of ether oxygens (including phenoxy) is 2. The second-order valence-electron chi connectivity index (χ2n) is 6.85. The van der Waals surface area contributed by atoms with Gasteiger partial charge in [-0.15, -0.1) is 10.2 Å². The first kappa shape index (κ1) is 20.8. The van der Waals surface area contributed by atoms with Crippen molar-refractivity contribution in [3.63, 3.8) is 0 Å². The molecule has 0 aliphatic carbocycles. The van der Waals surface area contributed by atoms with Gasteiger partial charge in [0.1, 0.15) is 4.61 Å². The monoisotopic (exact) mass is 473 g/mol. The van der Waals surface area contributed by atoms with E-state index >= 15 is 0 Å². The van der Waals surface area contributed by atoms with Crippen molar-refractivity contribution in [1.29, 1.82) is 0 Å². The summed E-state index contributed by atoms with van der Waals surface area (Å²) >= 11 is 3.46. The molecule has 0 unspecified atom stereocenters. The molecule has 0 atom stereocenters. The van der Waals surface area contributed by atoms with Gasteiger partial charge < -0.3 is 19.3 Å². The van der Waals surface area contributed by atoms with Crippen LogP contribution in [0.2, 0.25) is 0 Å². The summed E-state index contributed by atoms with van der Waals surface area (Å²) in [7, 11) is 0. The molecule has 4 rings (SSSR count). The number of benzene rings is 1. The molecule has 2 aromatic rings. The fraction of sp³-hybridized carbons (Fsp3) is 0.450. The Balaban J connectivity index is 1.53. The minimum atomic E-state index is 0.290. The molecule has 2 saturated heterocycles. The van der Waals surface area contributed by atoms with Gasteiger partial charge in [0.15, 0.2) is 0 Å². The van der Waals surface area contributed by atoms with Gasteiger partial charge in [-0.05, 0) is 34.0 Å². The first-order valence-corrected chi connectivity index (χ1v) is 10.8. The van der Waals surface area contributed by atoms with E-state index < -0.39 is 0 Å². The molecule has 0 radical (unpaired) electrons. The molecule has 0 spiro atoms. The number of azo groups is 1. The van der Waals surface area contributed by atoms with Crippen molar-refractivity contribution in [2.45, 2.75) is 6.42 Å². The molecule has 0 saturated carbocycles. The molecular weight excluding hydrogens is 450 g/mol. The third kappa shape index (κ3) is 5.80. The maximum Gasteiger partial charge on any atom is 0.275 e. The van der Waals surface area contributed by atoms with Gasteiger partial charge in [-0.1, -0.05) is 30.3 Å². The molecule has 0 amide bonds. The lowest BCUT2D eigenvalue weighted by molar-refractivity contribution is 0.121. The van der Waals surface area contributed by atoms with E-state index in [0.29, 0.717) is 42.9 Å². The summed E-state index contributed by atoms with van der Waals surface area (Å²) in [4.78, 5) is 17.9. The molecule has 1 aromatic carbocycles. The third-order valence-corrected chi connectivity index (χ3v) is 5.25. The van der Waals surface area contributed by atoms with Crippen molar-refractivity contribution in [2.75, 3.05) is 62.4 Å². The minimum absolute atomic E-state index is 0.290. The summed E-state index contributed by atoms with van der Waals surface area (Å²) in [5.74, 6) is 1.50. The maximum atomic E-state index is 5.44. The van der Waals surface area contributed by atoms with Gasteiger partial charge in [-0.25, -0.2) is 0 Å². The van der Waals surface area contributed by atoms with Crippen molar-refractivity contribution < 1.29 is 9.47 Å². The van der Waals surface area contributed by atoms with Gasteiger partial charge in [0, 0.05) is 26.2 Å². The molecule has 3 heterocycles. The number of anilines is 2. The SMILES string of the molecule is BrC(=C\Cc1ccccc1)/N=N/c1nc(N2CCOCC2)nc(N2CCOCC2)n1. The standard InChI is InChI=1S/C20H24BrN7O2/c21-17(7-6-16-4-2-1-3-5-16)25-26-18-22-19(27-8-12-29-13-9-27)24-20(23-18)28-10-14-30-15-11-28/h1-5,7H,6,8-15H2/b17-7+,26-25+. The van der Waals surface area contributed by atoms with Crippen LogP contribution < -0.4 is 9.80 Å². The summed E-state index contributed by atoms with van der Waals surface area (Å²) in [6, 6.07) is 10.2. The number of morpholine rings is 2. The Bertz CT molecular complexity index is 846. The van der Waals surface area contributed by atoms with E-state index in [1.807, 2.05) is 24.3 Å². The van der Waals surface area contributed by atoms with E-state index in [4.69, 9.17) is 9.47 Å². The van der Waals surface area contributed by atoms with Gasteiger partial charge >= 0.3 is 0 Å². The Labute approximate surface area is 184 Å². The van der Waals surface area contributed by atoms with Gasteiger partial charge in [0.25, 0.3) is 5.95 Å². The Morgan fingerprint density at radius 1 is 0.900 bits per heavy atom. The molecule has 0 N–H and O–H groups in total. The zero-order valence-corrected chi connectivity index (χ0v) is 18.2. The van der Waals surface area contributed by atoms with E-state index in [-0.39, 0.29) is 5.95 Å². The summed E-state index contributed by atoms with van der Waals surface area (Å²) in [5, 5.41) is 8.51. The third-order valence-electron chi connectivity index (χ3n) is 4.77. The number of allylic oxidation sites excluding steroid dienone is 1. The summed E-state index contributed by atoms with van der Waals surface area (Å²) in [6.45, 7) is 5.58. The fourth-order valence-corrected chi connectivity index (χ4v) is 3.39. The van der Waals surface area contributed by atoms with Crippen LogP contribution in [0.3, 0.4) is 0 Å². The van der Waals surface area contributed by atoms with E-state index in [9.17, 15) is 0 Å². The average molecular weight is 474 g/mol. The lowest BCUT2D eigenvalue weighted by Gasteiger charge is -2.29. The van der Waals surface area contributed by atoms with Crippen LogP contribution in [0, 0.1) is 0 Å². The Morgan fingerprint density at radius 3 is 2.03 bits per heavy atom. The normalized spacial score (nSPS) is 18.2. The quantitative estimate of drug-likeness (QED) is 0.470. The van der Waals surface area contributed by atoms with Crippen LogP contribution in [0.5, 0.6) is 0 Å². The minimum Gasteiger partial charge on any atom is -0.378 e. The summed E-state index contributed by atoms with van der Waals surface area (Å²) in [6.07, 6.45) is 2.72. The molecule has 2 aliphatic heterocycles. The fourth-order valence-electron chi connectivity index (χ4n) is 3.15. The van der Waals surface area contributed by atoms with Crippen molar-refractivity contribution in [3.05, 3.63) is 46.6 Å². The Kier molecular flexibility index (Phi) is 7.33. The molecule has 1 aromatic heterocycles. The molecule has 2 fully saturated rings. The smallest absolute Gasteiger partial charge is 0.275 e. The molecule has 2 aliphatic rings. The number of hydrogen-bond donors (Lipinski definition) is 0. The summed E-state index contributed by atoms with van der Waals surface area (Å²) in [5.41, 5.74) is 1.20. The van der Waals surface area contributed by atoms with Crippen LogP contribution in [0.25, 0.3) is 0 Å². The number of nitrogens with zero attached hydrogens (tertiary/aromatic N) is 7. The van der Waals surface area contributed by atoms with Crippen LogP contribution in [0.15, 0.2) is 51.2 Å². The molecule has 10 heteroatoms. The van der Waals surface area contributed by atoms with Gasteiger partial charge in [0.05, 0.1) is 26.4 Å². The second-order valence-corrected chi connectivity index (χ2v) is 7.66. The Hall–Kier alpha value is -2.43. The average Bonchev–Trinajstić information content (AvgIpc) is 2.83. The topological polar surface area (TPSA) is 88.3 Å². The number of hydrogen-bond acceptors (Lipinski definition) is 9. The first-order valence-electron chi connectivity index (χ1n) is 10.0. The zero-order chi connectivity index (χ0) is 20.6.